The summed E-state index contributed by atoms with van der Waals surface area (Å²) in [6.45, 7) is 6.16. The Labute approximate surface area is 144 Å². The predicted octanol–water partition coefficient (Wildman–Crippen LogP) is 3.49. The maximum Gasteiger partial charge on any atom is 0.308 e. The van der Waals surface area contributed by atoms with Crippen LogP contribution < -0.4 is 10.1 Å². The van der Waals surface area contributed by atoms with E-state index < -0.39 is 5.97 Å². The number of thiazole rings is 1. The van der Waals surface area contributed by atoms with Gasteiger partial charge in [0.25, 0.3) is 0 Å². The third kappa shape index (κ3) is 4.32. The standard InChI is InChI=1S/C17H20N2O4S/c1-4-14(20)18-17-19-16(13(24-17)9-15(21)22)12-7-6-11(23-5-2)8-10(12)3/h6-8H,4-5,9H2,1-3H3,(H,21,22)(H,18,19,20). The number of ether oxygens (including phenoxy) is 1. The number of hydrogen-bond acceptors (Lipinski definition) is 5. The van der Waals surface area contributed by atoms with Gasteiger partial charge in [-0.05, 0) is 37.6 Å². The van der Waals surface area contributed by atoms with Crippen molar-refractivity contribution in [2.75, 3.05) is 11.9 Å². The number of aliphatic carboxylic acids is 1. The number of amides is 1. The second kappa shape index (κ2) is 7.92. The summed E-state index contributed by atoms with van der Waals surface area (Å²) < 4.78 is 5.48. The van der Waals surface area contributed by atoms with E-state index in [1.54, 1.807) is 6.92 Å². The van der Waals surface area contributed by atoms with Crippen LogP contribution in [0.25, 0.3) is 11.3 Å². The van der Waals surface area contributed by atoms with Crippen LogP contribution in [0, 0.1) is 6.92 Å². The number of nitrogens with one attached hydrogen (secondary N) is 1. The van der Waals surface area contributed by atoms with E-state index in [1.165, 1.54) is 11.3 Å². The molecule has 0 aliphatic rings. The number of hydrogen-bond donors (Lipinski definition) is 2. The third-order valence-electron chi connectivity index (χ3n) is 3.34. The molecule has 0 aliphatic carbocycles. The van der Waals surface area contributed by atoms with Crippen LogP contribution in [0.15, 0.2) is 18.2 Å². The van der Waals surface area contributed by atoms with Gasteiger partial charge in [0, 0.05) is 16.9 Å². The number of carbonyl (C=O) groups is 2. The summed E-state index contributed by atoms with van der Waals surface area (Å²) in [6.07, 6.45) is 0.201. The van der Waals surface area contributed by atoms with Gasteiger partial charge in [-0.25, -0.2) is 4.98 Å². The quantitative estimate of drug-likeness (QED) is 0.799. The molecule has 2 N–H and O–H groups in total. The molecule has 0 atom stereocenters. The highest BCUT2D eigenvalue weighted by atomic mass is 32.1. The van der Waals surface area contributed by atoms with Gasteiger partial charge in [0.2, 0.25) is 5.91 Å². The molecule has 0 saturated heterocycles. The van der Waals surface area contributed by atoms with Crippen LogP contribution in [0.1, 0.15) is 30.7 Å². The molecule has 1 heterocycles. The fraction of sp³-hybridized carbons (Fsp3) is 0.353. The minimum Gasteiger partial charge on any atom is -0.494 e. The molecule has 7 heteroatoms. The van der Waals surface area contributed by atoms with Gasteiger partial charge < -0.3 is 15.2 Å². The second-order valence-electron chi connectivity index (χ2n) is 5.17. The number of carboxylic acid groups (broad SMARTS) is 1. The lowest BCUT2D eigenvalue weighted by Crippen LogP contribution is -2.08. The van der Waals surface area contributed by atoms with Gasteiger partial charge >= 0.3 is 5.97 Å². The maximum absolute atomic E-state index is 11.6. The summed E-state index contributed by atoms with van der Waals surface area (Å²) in [5, 5.41) is 12.2. The van der Waals surface area contributed by atoms with E-state index in [1.807, 2.05) is 32.0 Å². The molecule has 1 amide bonds. The Bertz CT molecular complexity index is 755. The summed E-state index contributed by atoms with van der Waals surface area (Å²) >= 11 is 1.19. The molecule has 0 spiro atoms. The van der Waals surface area contributed by atoms with Gasteiger partial charge in [-0.2, -0.15) is 0 Å². The topological polar surface area (TPSA) is 88.5 Å². The van der Waals surface area contributed by atoms with Crippen molar-refractivity contribution in [1.29, 1.82) is 0 Å². The normalized spacial score (nSPS) is 10.5. The summed E-state index contributed by atoms with van der Waals surface area (Å²) in [5.41, 5.74) is 2.36. The Balaban J connectivity index is 2.43. The first-order valence-corrected chi connectivity index (χ1v) is 8.51. The summed E-state index contributed by atoms with van der Waals surface area (Å²) in [7, 11) is 0. The van der Waals surface area contributed by atoms with E-state index in [2.05, 4.69) is 10.3 Å². The fourth-order valence-electron chi connectivity index (χ4n) is 2.24. The molecule has 6 nitrogen and oxygen atoms in total. The summed E-state index contributed by atoms with van der Waals surface area (Å²) in [6, 6.07) is 5.60. The molecule has 0 fully saturated rings. The van der Waals surface area contributed by atoms with Crippen LogP contribution >= 0.6 is 11.3 Å². The second-order valence-corrected chi connectivity index (χ2v) is 6.26. The van der Waals surface area contributed by atoms with E-state index >= 15 is 0 Å². The molecule has 1 aromatic carbocycles. The number of carboxylic acids is 1. The molecular formula is C17H20N2O4S. The minimum absolute atomic E-state index is 0.137. The Morgan fingerprint density at radius 3 is 2.67 bits per heavy atom. The fourth-order valence-corrected chi connectivity index (χ4v) is 3.22. The highest BCUT2D eigenvalue weighted by molar-refractivity contribution is 7.16. The lowest BCUT2D eigenvalue weighted by molar-refractivity contribution is -0.136. The molecule has 128 valence electrons. The van der Waals surface area contributed by atoms with Crippen molar-refractivity contribution in [1.82, 2.24) is 4.98 Å². The number of aryl methyl sites for hydroxylation is 1. The molecule has 0 saturated carbocycles. The summed E-state index contributed by atoms with van der Waals surface area (Å²) in [4.78, 5) is 27.8. The van der Waals surface area contributed by atoms with Crippen LogP contribution in [-0.2, 0) is 16.0 Å². The highest BCUT2D eigenvalue weighted by Crippen LogP contribution is 2.34. The number of carbonyl (C=O) groups excluding carboxylic acids is 1. The lowest BCUT2D eigenvalue weighted by Gasteiger charge is -2.08. The largest absolute Gasteiger partial charge is 0.494 e. The zero-order valence-electron chi connectivity index (χ0n) is 13.9. The summed E-state index contributed by atoms with van der Waals surface area (Å²) in [5.74, 6) is -0.328. The van der Waals surface area contributed by atoms with Crippen LogP contribution in [0.2, 0.25) is 0 Å². The van der Waals surface area contributed by atoms with Gasteiger partial charge in [0.15, 0.2) is 5.13 Å². The van der Waals surface area contributed by atoms with Gasteiger partial charge in [0.1, 0.15) is 5.75 Å². The molecule has 0 radical (unpaired) electrons. The molecule has 1 aromatic heterocycles. The zero-order chi connectivity index (χ0) is 17.7. The van der Waals surface area contributed by atoms with E-state index in [4.69, 9.17) is 9.84 Å². The Hall–Kier alpha value is -2.41. The molecule has 24 heavy (non-hydrogen) atoms. The number of benzene rings is 1. The first-order valence-electron chi connectivity index (χ1n) is 7.69. The number of nitrogens with zero attached hydrogens (tertiary/aromatic N) is 1. The van der Waals surface area contributed by atoms with Gasteiger partial charge in [-0.1, -0.05) is 6.92 Å². The Kier molecular flexibility index (Phi) is 5.92. The van der Waals surface area contributed by atoms with Crippen LogP contribution in [0.5, 0.6) is 5.75 Å². The van der Waals surface area contributed by atoms with Crippen LogP contribution in [0.4, 0.5) is 5.13 Å². The number of aromatic nitrogens is 1. The van der Waals surface area contributed by atoms with Crippen molar-refractivity contribution < 1.29 is 19.4 Å². The van der Waals surface area contributed by atoms with Crippen molar-refractivity contribution in [2.24, 2.45) is 0 Å². The smallest absolute Gasteiger partial charge is 0.308 e. The van der Waals surface area contributed by atoms with E-state index in [0.29, 0.717) is 28.7 Å². The zero-order valence-corrected chi connectivity index (χ0v) is 14.7. The SMILES string of the molecule is CCOc1ccc(-c2nc(NC(=O)CC)sc2CC(=O)O)c(C)c1. The van der Waals surface area contributed by atoms with E-state index in [-0.39, 0.29) is 12.3 Å². The van der Waals surface area contributed by atoms with Crippen molar-refractivity contribution in [2.45, 2.75) is 33.6 Å². The van der Waals surface area contributed by atoms with Crippen molar-refractivity contribution in [3.05, 3.63) is 28.6 Å². The average Bonchev–Trinajstić information content (AvgIpc) is 2.89. The molecule has 2 rings (SSSR count). The van der Waals surface area contributed by atoms with E-state index in [0.717, 1.165) is 16.9 Å². The predicted molar refractivity (Wildman–Crippen MR) is 93.7 cm³/mol. The minimum atomic E-state index is -0.933. The lowest BCUT2D eigenvalue weighted by atomic mass is 10.0. The van der Waals surface area contributed by atoms with Gasteiger partial charge in [-0.3, -0.25) is 9.59 Å². The van der Waals surface area contributed by atoms with Gasteiger partial charge in [0.05, 0.1) is 18.7 Å². The third-order valence-corrected chi connectivity index (χ3v) is 4.31. The Morgan fingerprint density at radius 1 is 1.33 bits per heavy atom. The van der Waals surface area contributed by atoms with Crippen molar-refractivity contribution in [3.8, 4) is 17.0 Å². The molecular weight excluding hydrogens is 328 g/mol. The molecule has 0 unspecified atom stereocenters. The number of anilines is 1. The number of rotatable bonds is 7. The van der Waals surface area contributed by atoms with Gasteiger partial charge in [-0.15, -0.1) is 11.3 Å². The monoisotopic (exact) mass is 348 g/mol. The Morgan fingerprint density at radius 2 is 2.08 bits per heavy atom. The average molecular weight is 348 g/mol. The first-order chi connectivity index (χ1) is 11.4. The highest BCUT2D eigenvalue weighted by Gasteiger charge is 2.18. The molecule has 0 aliphatic heterocycles. The van der Waals surface area contributed by atoms with Crippen molar-refractivity contribution >= 4 is 28.3 Å². The molecule has 2 aromatic rings. The van der Waals surface area contributed by atoms with Crippen LogP contribution in [-0.4, -0.2) is 28.6 Å². The van der Waals surface area contributed by atoms with Crippen LogP contribution in [0.3, 0.4) is 0 Å². The van der Waals surface area contributed by atoms with Crippen molar-refractivity contribution in [3.63, 3.8) is 0 Å². The first kappa shape index (κ1) is 17.9. The maximum atomic E-state index is 11.6. The molecule has 0 bridgehead atoms. The van der Waals surface area contributed by atoms with E-state index in [9.17, 15) is 9.59 Å².